The van der Waals surface area contributed by atoms with E-state index in [0.717, 1.165) is 12.1 Å². The van der Waals surface area contributed by atoms with E-state index in [1.807, 2.05) is 20.8 Å². The van der Waals surface area contributed by atoms with E-state index in [1.54, 1.807) is 0 Å². The fraction of sp³-hybridized carbons (Fsp3) is 0.467. The molecule has 0 saturated carbocycles. The first-order chi connectivity index (χ1) is 10.2. The predicted octanol–water partition coefficient (Wildman–Crippen LogP) is 1.86. The van der Waals surface area contributed by atoms with Gasteiger partial charge in [0.2, 0.25) is 5.91 Å². The second kappa shape index (κ2) is 7.84. The molecule has 1 aliphatic rings. The Hall–Kier alpha value is -2.02. The third-order valence-electron chi connectivity index (χ3n) is 2.69. The van der Waals surface area contributed by atoms with Gasteiger partial charge in [-0.3, -0.25) is 9.59 Å². The standard InChI is InChI=1S/C10H10F2N2O.C5H10O2/c11-7-1-2-9(8(12)5-7)14-4-3-13-6-10(14)15;1-5(2,3)7-4-6/h1-2,5,13H,3-4,6H2;4H,1-3H3. The van der Waals surface area contributed by atoms with E-state index in [1.165, 1.54) is 11.0 Å². The second-order valence-electron chi connectivity index (χ2n) is 5.64. The first-order valence-corrected chi connectivity index (χ1v) is 6.82. The van der Waals surface area contributed by atoms with Gasteiger partial charge in [-0.1, -0.05) is 0 Å². The van der Waals surface area contributed by atoms with Crippen molar-refractivity contribution in [1.29, 1.82) is 0 Å². The molecule has 1 amide bonds. The van der Waals surface area contributed by atoms with Gasteiger partial charge < -0.3 is 15.0 Å². The van der Waals surface area contributed by atoms with E-state index < -0.39 is 11.6 Å². The van der Waals surface area contributed by atoms with Gasteiger partial charge in [0, 0.05) is 19.2 Å². The molecule has 1 fully saturated rings. The third-order valence-corrected chi connectivity index (χ3v) is 2.69. The summed E-state index contributed by atoms with van der Waals surface area (Å²) in [4.78, 5) is 22.4. The van der Waals surface area contributed by atoms with Crippen LogP contribution in [0.3, 0.4) is 0 Å². The summed E-state index contributed by atoms with van der Waals surface area (Å²) in [5.41, 5.74) is -0.176. The molecule has 5 nitrogen and oxygen atoms in total. The van der Waals surface area contributed by atoms with Crippen LogP contribution in [0.25, 0.3) is 0 Å². The molecule has 0 aromatic heterocycles. The van der Waals surface area contributed by atoms with Crippen LogP contribution < -0.4 is 10.2 Å². The molecule has 122 valence electrons. The van der Waals surface area contributed by atoms with Crippen LogP contribution in [0.5, 0.6) is 0 Å². The maximum Gasteiger partial charge on any atom is 0.293 e. The van der Waals surface area contributed by atoms with Crippen LogP contribution in [-0.2, 0) is 14.3 Å². The number of anilines is 1. The van der Waals surface area contributed by atoms with Gasteiger partial charge in [-0.25, -0.2) is 8.78 Å². The number of halogens is 2. The summed E-state index contributed by atoms with van der Waals surface area (Å²) in [5, 5.41) is 2.88. The average molecular weight is 314 g/mol. The molecule has 0 radical (unpaired) electrons. The summed E-state index contributed by atoms with van der Waals surface area (Å²) in [7, 11) is 0. The van der Waals surface area contributed by atoms with Crippen molar-refractivity contribution in [2.45, 2.75) is 26.4 Å². The number of piperazine rings is 1. The molecular weight excluding hydrogens is 294 g/mol. The van der Waals surface area contributed by atoms with Crippen molar-refractivity contribution >= 4 is 18.1 Å². The summed E-state index contributed by atoms with van der Waals surface area (Å²) in [5.74, 6) is -1.55. The summed E-state index contributed by atoms with van der Waals surface area (Å²) in [6, 6.07) is 3.21. The first-order valence-electron chi connectivity index (χ1n) is 6.82. The number of hydrogen-bond donors (Lipinski definition) is 1. The molecule has 1 saturated heterocycles. The number of rotatable bonds is 2. The van der Waals surface area contributed by atoms with Gasteiger partial charge in [0.15, 0.2) is 0 Å². The Kier molecular flexibility index (Phi) is 6.42. The van der Waals surface area contributed by atoms with Crippen molar-refractivity contribution in [3.05, 3.63) is 29.8 Å². The van der Waals surface area contributed by atoms with Crippen LogP contribution >= 0.6 is 0 Å². The van der Waals surface area contributed by atoms with Crippen LogP contribution in [0.2, 0.25) is 0 Å². The molecule has 1 N–H and O–H groups in total. The van der Waals surface area contributed by atoms with E-state index in [2.05, 4.69) is 10.1 Å². The Bertz CT molecular complexity index is 530. The van der Waals surface area contributed by atoms with Gasteiger partial charge in [-0.15, -0.1) is 0 Å². The lowest BCUT2D eigenvalue weighted by Gasteiger charge is -2.27. The van der Waals surface area contributed by atoms with Crippen molar-refractivity contribution < 1.29 is 23.1 Å². The van der Waals surface area contributed by atoms with Crippen LogP contribution in [0, 0.1) is 11.6 Å². The summed E-state index contributed by atoms with van der Waals surface area (Å²) in [6.07, 6.45) is 0. The quantitative estimate of drug-likeness (QED) is 0.847. The highest BCUT2D eigenvalue weighted by atomic mass is 19.1. The Balaban J connectivity index is 0.000000295. The lowest BCUT2D eigenvalue weighted by Crippen LogP contribution is -2.48. The number of benzene rings is 1. The number of nitrogens with one attached hydrogen (secondary N) is 1. The number of ether oxygens (including phenoxy) is 1. The molecular formula is C15H20F2N2O3. The molecule has 0 unspecified atom stereocenters. The maximum atomic E-state index is 13.4. The largest absolute Gasteiger partial charge is 0.462 e. The van der Waals surface area contributed by atoms with Gasteiger partial charge in [0.25, 0.3) is 6.47 Å². The molecule has 0 spiro atoms. The summed E-state index contributed by atoms with van der Waals surface area (Å²) < 4.78 is 30.6. The normalized spacial score (nSPS) is 15.0. The highest BCUT2D eigenvalue weighted by Crippen LogP contribution is 2.20. The van der Waals surface area contributed by atoms with Crippen LogP contribution in [0.1, 0.15) is 20.8 Å². The third kappa shape index (κ3) is 5.77. The highest BCUT2D eigenvalue weighted by molar-refractivity contribution is 5.95. The van der Waals surface area contributed by atoms with Crippen molar-refractivity contribution in [3.8, 4) is 0 Å². The van der Waals surface area contributed by atoms with Crippen LogP contribution in [-0.4, -0.2) is 37.6 Å². The molecule has 22 heavy (non-hydrogen) atoms. The van der Waals surface area contributed by atoms with Gasteiger partial charge in [-0.05, 0) is 32.9 Å². The zero-order chi connectivity index (χ0) is 16.8. The Morgan fingerprint density at radius 1 is 1.32 bits per heavy atom. The van der Waals surface area contributed by atoms with E-state index in [0.29, 0.717) is 19.6 Å². The zero-order valence-electron chi connectivity index (χ0n) is 12.9. The number of carbonyl (C=O) groups is 2. The van der Waals surface area contributed by atoms with Crippen molar-refractivity contribution in [3.63, 3.8) is 0 Å². The first kappa shape index (κ1) is 18.0. The lowest BCUT2D eigenvalue weighted by molar-refractivity contribution is -0.138. The molecule has 2 rings (SSSR count). The molecule has 0 atom stereocenters. The van der Waals surface area contributed by atoms with E-state index in [4.69, 9.17) is 0 Å². The topological polar surface area (TPSA) is 58.6 Å². The molecule has 1 heterocycles. The minimum Gasteiger partial charge on any atom is -0.462 e. The lowest BCUT2D eigenvalue weighted by atomic mass is 10.2. The summed E-state index contributed by atoms with van der Waals surface area (Å²) in [6.45, 7) is 7.13. The molecule has 1 aromatic rings. The molecule has 1 aromatic carbocycles. The minimum atomic E-state index is -0.703. The van der Waals surface area contributed by atoms with Gasteiger partial charge in [-0.2, -0.15) is 0 Å². The number of carbonyl (C=O) groups excluding carboxylic acids is 2. The zero-order valence-corrected chi connectivity index (χ0v) is 12.9. The average Bonchev–Trinajstić information content (AvgIpc) is 2.39. The second-order valence-corrected chi connectivity index (χ2v) is 5.64. The van der Waals surface area contributed by atoms with Crippen molar-refractivity contribution in [1.82, 2.24) is 5.32 Å². The Morgan fingerprint density at radius 2 is 2.00 bits per heavy atom. The van der Waals surface area contributed by atoms with E-state index in [-0.39, 0.29) is 23.7 Å². The highest BCUT2D eigenvalue weighted by Gasteiger charge is 2.21. The fourth-order valence-corrected chi connectivity index (χ4v) is 1.71. The Labute approximate surface area is 128 Å². The monoisotopic (exact) mass is 314 g/mol. The molecule has 1 aliphatic heterocycles. The van der Waals surface area contributed by atoms with E-state index >= 15 is 0 Å². The SMILES string of the molecule is CC(C)(C)OC=O.O=C1CNCCN1c1ccc(F)cc1F. The molecule has 0 bridgehead atoms. The van der Waals surface area contributed by atoms with Crippen LogP contribution in [0.4, 0.5) is 14.5 Å². The van der Waals surface area contributed by atoms with Gasteiger partial charge >= 0.3 is 0 Å². The summed E-state index contributed by atoms with van der Waals surface area (Å²) >= 11 is 0. The maximum absolute atomic E-state index is 13.4. The molecule has 0 aliphatic carbocycles. The van der Waals surface area contributed by atoms with E-state index in [9.17, 15) is 18.4 Å². The van der Waals surface area contributed by atoms with Crippen molar-refractivity contribution in [2.75, 3.05) is 24.5 Å². The van der Waals surface area contributed by atoms with Crippen molar-refractivity contribution in [2.24, 2.45) is 0 Å². The van der Waals surface area contributed by atoms with Gasteiger partial charge in [0.1, 0.15) is 17.2 Å². The molecule has 7 heteroatoms. The van der Waals surface area contributed by atoms with Gasteiger partial charge in [0.05, 0.1) is 12.2 Å². The smallest absolute Gasteiger partial charge is 0.293 e. The minimum absolute atomic E-state index is 0.142. The number of hydrogen-bond acceptors (Lipinski definition) is 4. The Morgan fingerprint density at radius 3 is 2.45 bits per heavy atom. The predicted molar refractivity (Wildman–Crippen MR) is 78.5 cm³/mol. The number of nitrogens with zero attached hydrogens (tertiary/aromatic N) is 1. The fourth-order valence-electron chi connectivity index (χ4n) is 1.71. The number of amides is 1. The van der Waals surface area contributed by atoms with Crippen LogP contribution in [0.15, 0.2) is 18.2 Å².